The summed E-state index contributed by atoms with van der Waals surface area (Å²) in [6, 6.07) is 11.5. The van der Waals surface area contributed by atoms with Gasteiger partial charge >= 0.3 is 18.3 Å². The van der Waals surface area contributed by atoms with Crippen molar-refractivity contribution in [1.82, 2.24) is 9.80 Å². The highest BCUT2D eigenvalue weighted by Crippen LogP contribution is 2.32. The number of carbonyl (C=O) groups is 2. The van der Waals surface area contributed by atoms with Gasteiger partial charge in [0.15, 0.2) is 0 Å². The van der Waals surface area contributed by atoms with Gasteiger partial charge in [0.05, 0.1) is 5.56 Å². The van der Waals surface area contributed by atoms with E-state index in [9.17, 15) is 22.8 Å². The number of likely N-dealkylation sites (tertiary alicyclic amines) is 1. The number of urea groups is 1. The van der Waals surface area contributed by atoms with Gasteiger partial charge in [0.2, 0.25) is 0 Å². The lowest BCUT2D eigenvalue weighted by Gasteiger charge is -2.37. The summed E-state index contributed by atoms with van der Waals surface area (Å²) in [5.41, 5.74) is 0.343. The van der Waals surface area contributed by atoms with Crippen LogP contribution in [0.15, 0.2) is 48.5 Å². The van der Waals surface area contributed by atoms with Crippen molar-refractivity contribution >= 4 is 17.8 Å². The van der Waals surface area contributed by atoms with Gasteiger partial charge in [0, 0.05) is 31.9 Å². The molecule has 1 saturated heterocycles. The van der Waals surface area contributed by atoms with Crippen molar-refractivity contribution in [3.63, 3.8) is 0 Å². The number of anilines is 1. The average molecular weight is 478 g/mol. The van der Waals surface area contributed by atoms with Gasteiger partial charge in [0.25, 0.3) is 0 Å². The zero-order chi connectivity index (χ0) is 25.1. The lowest BCUT2D eigenvalue weighted by Crippen LogP contribution is -2.49. The van der Waals surface area contributed by atoms with Crippen molar-refractivity contribution in [2.75, 3.05) is 25.5 Å². The van der Waals surface area contributed by atoms with Crippen molar-refractivity contribution in [3.8, 4) is 11.1 Å². The third-order valence-electron chi connectivity index (χ3n) is 5.64. The number of amides is 3. The molecule has 1 aliphatic heterocycles. The summed E-state index contributed by atoms with van der Waals surface area (Å²) < 4.78 is 44.3. The molecule has 184 valence electrons. The van der Waals surface area contributed by atoms with E-state index in [1.807, 2.05) is 20.8 Å². The molecule has 0 saturated carbocycles. The highest BCUT2D eigenvalue weighted by molar-refractivity contribution is 5.89. The van der Waals surface area contributed by atoms with E-state index in [4.69, 9.17) is 4.74 Å². The maximum atomic E-state index is 13.0. The summed E-state index contributed by atoms with van der Waals surface area (Å²) in [6.07, 6.45) is -3.48. The monoisotopic (exact) mass is 477 g/mol. The van der Waals surface area contributed by atoms with Crippen LogP contribution in [0.5, 0.6) is 0 Å². The summed E-state index contributed by atoms with van der Waals surface area (Å²) in [7, 11) is 1.71. The number of hydrogen-bond acceptors (Lipinski definition) is 3. The van der Waals surface area contributed by atoms with E-state index in [0.29, 0.717) is 42.7 Å². The van der Waals surface area contributed by atoms with Gasteiger partial charge in [-0.1, -0.05) is 24.3 Å². The molecule has 1 fully saturated rings. The Hall–Kier alpha value is -3.23. The van der Waals surface area contributed by atoms with Gasteiger partial charge in [0.1, 0.15) is 5.60 Å². The van der Waals surface area contributed by atoms with E-state index < -0.39 is 17.3 Å². The van der Waals surface area contributed by atoms with Crippen molar-refractivity contribution in [1.29, 1.82) is 0 Å². The summed E-state index contributed by atoms with van der Waals surface area (Å²) >= 11 is 0. The Morgan fingerprint density at radius 3 is 2.18 bits per heavy atom. The quantitative estimate of drug-likeness (QED) is 0.570. The maximum absolute atomic E-state index is 13.0. The first kappa shape index (κ1) is 25.4. The fraction of sp³-hybridized carbons (Fsp3) is 0.440. The second-order valence-corrected chi connectivity index (χ2v) is 9.40. The standard InChI is InChI=1S/C25H30F3N3O3/c1-24(2,3)34-23(33)31-14-12-21(13-15-31)30(4)22(32)29-20-10-8-17(9-11-20)18-6-5-7-19(16-18)25(26,27)28/h5-11,16,21H,12-15H2,1-4H3,(H,29,32). The Morgan fingerprint density at radius 2 is 1.62 bits per heavy atom. The molecule has 0 radical (unpaired) electrons. The fourth-order valence-corrected chi connectivity index (χ4v) is 3.76. The second kappa shape index (κ2) is 9.95. The number of alkyl halides is 3. The first-order chi connectivity index (χ1) is 15.8. The first-order valence-corrected chi connectivity index (χ1v) is 11.1. The van der Waals surface area contributed by atoms with Crippen LogP contribution in [0.4, 0.5) is 28.4 Å². The molecule has 0 aliphatic carbocycles. The molecule has 6 nitrogen and oxygen atoms in total. The van der Waals surface area contributed by atoms with Gasteiger partial charge < -0.3 is 19.9 Å². The second-order valence-electron chi connectivity index (χ2n) is 9.40. The largest absolute Gasteiger partial charge is 0.444 e. The molecule has 1 N–H and O–H groups in total. The van der Waals surface area contributed by atoms with Gasteiger partial charge in [-0.25, -0.2) is 9.59 Å². The SMILES string of the molecule is CN(C(=O)Nc1ccc(-c2cccc(C(F)(F)F)c2)cc1)C1CCN(C(=O)OC(C)(C)C)CC1. The minimum Gasteiger partial charge on any atom is -0.444 e. The number of piperidine rings is 1. The molecule has 2 aromatic rings. The van der Waals surface area contributed by atoms with Crippen LogP contribution in [-0.4, -0.2) is 53.7 Å². The number of hydrogen-bond donors (Lipinski definition) is 1. The Kier molecular flexibility index (Phi) is 7.43. The molecule has 0 bridgehead atoms. The molecular weight excluding hydrogens is 447 g/mol. The molecule has 0 unspecified atom stereocenters. The van der Waals surface area contributed by atoms with Gasteiger partial charge in [-0.3, -0.25) is 0 Å². The van der Waals surface area contributed by atoms with E-state index in [1.54, 1.807) is 47.2 Å². The molecule has 3 rings (SSSR count). The Balaban J connectivity index is 1.55. The van der Waals surface area contributed by atoms with E-state index >= 15 is 0 Å². The van der Waals surface area contributed by atoms with Gasteiger partial charge in [-0.05, 0) is 69.0 Å². The third kappa shape index (κ3) is 6.65. The van der Waals surface area contributed by atoms with E-state index in [0.717, 1.165) is 12.1 Å². The number of benzene rings is 2. The maximum Gasteiger partial charge on any atom is 0.416 e. The van der Waals surface area contributed by atoms with E-state index in [2.05, 4.69) is 5.32 Å². The molecule has 1 heterocycles. The van der Waals surface area contributed by atoms with Crippen LogP contribution in [0.1, 0.15) is 39.2 Å². The number of nitrogens with zero attached hydrogens (tertiary/aromatic N) is 2. The molecule has 0 aromatic heterocycles. The van der Waals surface area contributed by atoms with Crippen LogP contribution >= 0.6 is 0 Å². The zero-order valence-electron chi connectivity index (χ0n) is 19.8. The predicted octanol–water partition coefficient (Wildman–Crippen LogP) is 6.24. The molecule has 3 amide bonds. The number of ether oxygens (including phenoxy) is 1. The highest BCUT2D eigenvalue weighted by Gasteiger charge is 2.31. The lowest BCUT2D eigenvalue weighted by atomic mass is 10.0. The van der Waals surface area contributed by atoms with Crippen LogP contribution in [0.3, 0.4) is 0 Å². The summed E-state index contributed by atoms with van der Waals surface area (Å²) in [6.45, 7) is 6.47. The number of nitrogens with one attached hydrogen (secondary N) is 1. The van der Waals surface area contributed by atoms with Gasteiger partial charge in [-0.15, -0.1) is 0 Å². The smallest absolute Gasteiger partial charge is 0.416 e. The van der Waals surface area contributed by atoms with Crippen LogP contribution in [0, 0.1) is 0 Å². The van der Waals surface area contributed by atoms with E-state index in [1.165, 1.54) is 6.07 Å². The topological polar surface area (TPSA) is 61.9 Å². The van der Waals surface area contributed by atoms with Crippen LogP contribution in [0.25, 0.3) is 11.1 Å². The van der Waals surface area contributed by atoms with Crippen molar-refractivity contribution in [2.45, 2.75) is 51.4 Å². The zero-order valence-corrected chi connectivity index (χ0v) is 19.8. The Morgan fingerprint density at radius 1 is 1.00 bits per heavy atom. The number of carbonyl (C=O) groups excluding carboxylic acids is 2. The normalized spacial score (nSPS) is 15.1. The molecule has 2 aromatic carbocycles. The summed E-state index contributed by atoms with van der Waals surface area (Å²) in [4.78, 5) is 28.2. The van der Waals surface area contributed by atoms with Crippen LogP contribution < -0.4 is 5.32 Å². The molecule has 34 heavy (non-hydrogen) atoms. The van der Waals surface area contributed by atoms with Gasteiger partial charge in [-0.2, -0.15) is 13.2 Å². The fourth-order valence-electron chi connectivity index (χ4n) is 3.76. The van der Waals surface area contributed by atoms with Crippen LogP contribution in [0.2, 0.25) is 0 Å². The Labute approximate surface area is 197 Å². The molecule has 1 aliphatic rings. The Bertz CT molecular complexity index is 1010. The number of halogens is 3. The van der Waals surface area contributed by atoms with E-state index in [-0.39, 0.29) is 18.2 Å². The summed E-state index contributed by atoms with van der Waals surface area (Å²) in [5.74, 6) is 0. The van der Waals surface area contributed by atoms with Crippen molar-refractivity contribution < 1.29 is 27.5 Å². The number of rotatable bonds is 3. The van der Waals surface area contributed by atoms with Crippen LogP contribution in [-0.2, 0) is 10.9 Å². The molecular formula is C25H30F3N3O3. The highest BCUT2D eigenvalue weighted by atomic mass is 19.4. The lowest BCUT2D eigenvalue weighted by molar-refractivity contribution is -0.137. The summed E-state index contributed by atoms with van der Waals surface area (Å²) in [5, 5.41) is 2.82. The predicted molar refractivity (Wildman–Crippen MR) is 124 cm³/mol. The minimum atomic E-state index is -4.41. The average Bonchev–Trinajstić information content (AvgIpc) is 2.77. The molecule has 9 heteroatoms. The first-order valence-electron chi connectivity index (χ1n) is 11.1. The molecule has 0 atom stereocenters. The minimum absolute atomic E-state index is 0.0249. The third-order valence-corrected chi connectivity index (χ3v) is 5.64. The van der Waals surface area contributed by atoms with Crippen molar-refractivity contribution in [2.24, 2.45) is 0 Å². The van der Waals surface area contributed by atoms with Crippen molar-refractivity contribution in [3.05, 3.63) is 54.1 Å². The molecule has 0 spiro atoms.